The van der Waals surface area contributed by atoms with Gasteiger partial charge in [-0.2, -0.15) is 0 Å². The molecule has 2 rings (SSSR count). The van der Waals surface area contributed by atoms with Crippen LogP contribution in [0, 0.1) is 12.7 Å². The number of methoxy groups -OCH3 is 1. The zero-order chi connectivity index (χ0) is 17.5. The number of carbonyl (C=O) groups excluding carboxylic acids is 1. The summed E-state index contributed by atoms with van der Waals surface area (Å²) in [5.74, 6) is -0.259. The molecule has 128 valence electrons. The minimum atomic E-state index is -0.393. The number of nitrogens with zero attached hydrogens (tertiary/aromatic N) is 1. The van der Waals surface area contributed by atoms with Crippen LogP contribution in [0.1, 0.15) is 18.1 Å². The lowest BCUT2D eigenvalue weighted by Crippen LogP contribution is -2.32. The van der Waals surface area contributed by atoms with Gasteiger partial charge in [0.05, 0.1) is 13.7 Å². The van der Waals surface area contributed by atoms with Crippen molar-refractivity contribution >= 4 is 11.6 Å². The number of ether oxygens (including phenoxy) is 1. The fourth-order valence-electron chi connectivity index (χ4n) is 2.47. The zero-order valence-electron chi connectivity index (χ0n) is 14.3. The molecule has 0 aliphatic heterocycles. The molecule has 1 amide bonds. The Labute approximate surface area is 142 Å². The summed E-state index contributed by atoms with van der Waals surface area (Å²) >= 11 is 0. The third-order valence-electron chi connectivity index (χ3n) is 3.74. The monoisotopic (exact) mass is 330 g/mol. The number of hydrogen-bond donors (Lipinski definition) is 1. The summed E-state index contributed by atoms with van der Waals surface area (Å²) in [5, 5.41) is 2.89. The van der Waals surface area contributed by atoms with Crippen molar-refractivity contribution in [2.45, 2.75) is 20.4 Å². The first-order valence-electron chi connectivity index (χ1n) is 7.93. The lowest BCUT2D eigenvalue weighted by atomic mass is 10.2. The van der Waals surface area contributed by atoms with E-state index >= 15 is 0 Å². The number of aryl methyl sites for hydroxylation is 1. The first-order valence-corrected chi connectivity index (χ1v) is 7.93. The third-order valence-corrected chi connectivity index (χ3v) is 3.74. The van der Waals surface area contributed by atoms with Crippen LogP contribution >= 0.6 is 0 Å². The quantitative estimate of drug-likeness (QED) is 0.843. The van der Waals surface area contributed by atoms with Gasteiger partial charge in [0.2, 0.25) is 5.91 Å². The molecular weight excluding hydrogens is 307 g/mol. The summed E-state index contributed by atoms with van der Waals surface area (Å²) in [6.07, 6.45) is 0. The summed E-state index contributed by atoms with van der Waals surface area (Å²) in [5.41, 5.74) is 2.68. The molecule has 0 fully saturated rings. The Morgan fingerprint density at radius 3 is 2.67 bits per heavy atom. The van der Waals surface area contributed by atoms with E-state index in [1.54, 1.807) is 6.07 Å². The number of halogens is 1. The Morgan fingerprint density at radius 1 is 1.25 bits per heavy atom. The van der Waals surface area contributed by atoms with Gasteiger partial charge in [0, 0.05) is 12.2 Å². The molecule has 2 aromatic carbocycles. The maximum absolute atomic E-state index is 13.8. The second-order valence-corrected chi connectivity index (χ2v) is 5.69. The van der Waals surface area contributed by atoms with Gasteiger partial charge >= 0.3 is 0 Å². The highest BCUT2D eigenvalue weighted by Gasteiger charge is 2.12. The van der Waals surface area contributed by atoms with E-state index < -0.39 is 5.82 Å². The smallest absolute Gasteiger partial charge is 0.238 e. The molecule has 0 aliphatic rings. The molecule has 0 atom stereocenters. The number of anilines is 1. The third kappa shape index (κ3) is 5.06. The number of carbonyl (C=O) groups is 1. The number of benzene rings is 2. The van der Waals surface area contributed by atoms with Crippen molar-refractivity contribution in [3.63, 3.8) is 0 Å². The summed E-state index contributed by atoms with van der Waals surface area (Å²) in [4.78, 5) is 14.2. The summed E-state index contributed by atoms with van der Waals surface area (Å²) in [6.45, 7) is 5.39. The van der Waals surface area contributed by atoms with Crippen LogP contribution in [0.3, 0.4) is 0 Å². The van der Waals surface area contributed by atoms with E-state index in [2.05, 4.69) is 5.32 Å². The van der Waals surface area contributed by atoms with Crippen molar-refractivity contribution in [3.8, 4) is 5.75 Å². The molecule has 1 N–H and O–H groups in total. The van der Waals surface area contributed by atoms with Crippen molar-refractivity contribution < 1.29 is 13.9 Å². The van der Waals surface area contributed by atoms with E-state index in [1.165, 1.54) is 13.2 Å². The van der Waals surface area contributed by atoms with Crippen LogP contribution < -0.4 is 10.1 Å². The lowest BCUT2D eigenvalue weighted by Gasteiger charge is -2.20. The summed E-state index contributed by atoms with van der Waals surface area (Å²) in [7, 11) is 1.44. The summed E-state index contributed by atoms with van der Waals surface area (Å²) in [6, 6.07) is 12.5. The number of nitrogens with one attached hydrogen (secondary N) is 1. The van der Waals surface area contributed by atoms with Crippen LogP contribution in [0.15, 0.2) is 42.5 Å². The molecule has 0 radical (unpaired) electrons. The molecule has 0 spiro atoms. The van der Waals surface area contributed by atoms with Crippen molar-refractivity contribution in [3.05, 3.63) is 59.4 Å². The maximum Gasteiger partial charge on any atom is 0.238 e. The van der Waals surface area contributed by atoms with Gasteiger partial charge in [0.1, 0.15) is 0 Å². The van der Waals surface area contributed by atoms with E-state index in [-0.39, 0.29) is 18.2 Å². The highest BCUT2D eigenvalue weighted by Crippen LogP contribution is 2.18. The standard InChI is InChI=1S/C19H23FN2O2/c1-4-22(12-15-8-9-18(24-3)17(20)11-15)13-19(23)21-16-7-5-6-14(2)10-16/h5-11H,4,12-13H2,1-3H3,(H,21,23). The first-order chi connectivity index (χ1) is 11.5. The summed E-state index contributed by atoms with van der Waals surface area (Å²) < 4.78 is 18.7. The Hall–Kier alpha value is -2.40. The second-order valence-electron chi connectivity index (χ2n) is 5.69. The SMILES string of the molecule is CCN(CC(=O)Nc1cccc(C)c1)Cc1ccc(OC)c(F)c1. The second kappa shape index (κ2) is 8.45. The molecule has 4 nitrogen and oxygen atoms in total. The van der Waals surface area contributed by atoms with Crippen molar-refractivity contribution in [1.29, 1.82) is 0 Å². The zero-order valence-corrected chi connectivity index (χ0v) is 14.3. The Morgan fingerprint density at radius 2 is 2.04 bits per heavy atom. The van der Waals surface area contributed by atoms with Gasteiger partial charge in [-0.05, 0) is 48.9 Å². The molecule has 0 heterocycles. The Kier molecular flexibility index (Phi) is 6.32. The van der Waals surface area contributed by atoms with E-state index in [0.717, 1.165) is 16.8 Å². The van der Waals surface area contributed by atoms with Crippen LogP contribution in [-0.2, 0) is 11.3 Å². The number of amides is 1. The van der Waals surface area contributed by atoms with Gasteiger partial charge in [0.25, 0.3) is 0 Å². The molecular formula is C19H23FN2O2. The largest absolute Gasteiger partial charge is 0.494 e. The van der Waals surface area contributed by atoms with Gasteiger partial charge in [-0.25, -0.2) is 4.39 Å². The van der Waals surface area contributed by atoms with Crippen LogP contribution in [0.25, 0.3) is 0 Å². The fourth-order valence-corrected chi connectivity index (χ4v) is 2.47. The lowest BCUT2D eigenvalue weighted by molar-refractivity contribution is -0.117. The molecule has 0 aliphatic carbocycles. The molecule has 0 aromatic heterocycles. The van der Waals surface area contributed by atoms with Crippen LogP contribution in [0.4, 0.5) is 10.1 Å². The molecule has 5 heteroatoms. The van der Waals surface area contributed by atoms with Gasteiger partial charge in [-0.15, -0.1) is 0 Å². The Bertz CT molecular complexity index is 704. The maximum atomic E-state index is 13.8. The van der Waals surface area contributed by atoms with E-state index in [9.17, 15) is 9.18 Å². The number of likely N-dealkylation sites (N-methyl/N-ethyl adjacent to an activating group) is 1. The minimum absolute atomic E-state index is 0.0866. The molecule has 0 saturated carbocycles. The minimum Gasteiger partial charge on any atom is -0.494 e. The van der Waals surface area contributed by atoms with Crippen LogP contribution in [0.5, 0.6) is 5.75 Å². The molecule has 24 heavy (non-hydrogen) atoms. The van der Waals surface area contributed by atoms with Gasteiger partial charge in [-0.3, -0.25) is 9.69 Å². The average molecular weight is 330 g/mol. The van der Waals surface area contributed by atoms with E-state index in [4.69, 9.17) is 4.74 Å². The molecule has 0 unspecified atom stereocenters. The fraction of sp³-hybridized carbons (Fsp3) is 0.316. The number of rotatable bonds is 7. The van der Waals surface area contributed by atoms with Gasteiger partial charge < -0.3 is 10.1 Å². The van der Waals surface area contributed by atoms with Crippen molar-refractivity contribution in [2.24, 2.45) is 0 Å². The van der Waals surface area contributed by atoms with E-state index in [0.29, 0.717) is 13.1 Å². The highest BCUT2D eigenvalue weighted by atomic mass is 19.1. The van der Waals surface area contributed by atoms with E-state index in [1.807, 2.05) is 49.1 Å². The van der Waals surface area contributed by atoms with Crippen molar-refractivity contribution in [1.82, 2.24) is 4.90 Å². The Balaban J connectivity index is 1.96. The average Bonchev–Trinajstić information content (AvgIpc) is 2.54. The highest BCUT2D eigenvalue weighted by molar-refractivity contribution is 5.92. The van der Waals surface area contributed by atoms with Crippen molar-refractivity contribution in [2.75, 3.05) is 25.5 Å². The van der Waals surface area contributed by atoms with Gasteiger partial charge in [-0.1, -0.05) is 25.1 Å². The predicted octanol–water partition coefficient (Wildman–Crippen LogP) is 3.60. The normalized spacial score (nSPS) is 10.7. The first kappa shape index (κ1) is 17.9. The van der Waals surface area contributed by atoms with Crippen LogP contribution in [0.2, 0.25) is 0 Å². The number of hydrogen-bond acceptors (Lipinski definition) is 3. The van der Waals surface area contributed by atoms with Gasteiger partial charge in [0.15, 0.2) is 11.6 Å². The topological polar surface area (TPSA) is 41.6 Å². The molecule has 2 aromatic rings. The molecule has 0 saturated heterocycles. The van der Waals surface area contributed by atoms with Crippen LogP contribution in [-0.4, -0.2) is 31.0 Å². The predicted molar refractivity (Wildman–Crippen MR) is 93.7 cm³/mol. The molecule has 0 bridgehead atoms.